The zero-order valence-electron chi connectivity index (χ0n) is 24.9. The van der Waals surface area contributed by atoms with Crippen LogP contribution in [0.1, 0.15) is 78.6 Å². The van der Waals surface area contributed by atoms with Gasteiger partial charge in [-0.1, -0.05) is 23.9 Å². The van der Waals surface area contributed by atoms with Gasteiger partial charge in [0.25, 0.3) is 5.91 Å². The Hall–Kier alpha value is -3.53. The second kappa shape index (κ2) is 13.2. The van der Waals surface area contributed by atoms with Crippen molar-refractivity contribution in [1.82, 2.24) is 25.0 Å². The molecular weight excluding hydrogens is 573 g/mol. The minimum atomic E-state index is -0.401. The van der Waals surface area contributed by atoms with Crippen molar-refractivity contribution >= 4 is 40.7 Å². The molecule has 1 unspecified atom stereocenters. The van der Waals surface area contributed by atoms with Crippen LogP contribution in [0.25, 0.3) is 23.1 Å². The van der Waals surface area contributed by atoms with E-state index in [1.807, 2.05) is 41.1 Å². The highest BCUT2D eigenvalue weighted by atomic mass is 32.2. The summed E-state index contributed by atoms with van der Waals surface area (Å²) in [6.45, 7) is 4.14. The molecule has 1 saturated carbocycles. The second-order valence-corrected chi connectivity index (χ2v) is 13.1. The van der Waals surface area contributed by atoms with Crippen molar-refractivity contribution in [2.24, 2.45) is 0 Å². The van der Waals surface area contributed by atoms with Crippen molar-refractivity contribution in [3.05, 3.63) is 83.1 Å². The van der Waals surface area contributed by atoms with Crippen LogP contribution in [0.4, 0.5) is 4.39 Å². The number of carbonyl (C=O) groups excluding carboxylic acids is 1. The number of hydrogen-bond acceptors (Lipinski definition) is 6. The number of amides is 1. The number of pyridine rings is 1. The van der Waals surface area contributed by atoms with Gasteiger partial charge in [-0.15, -0.1) is 0 Å². The predicted octanol–water partition coefficient (Wildman–Crippen LogP) is 7.12. The Morgan fingerprint density at radius 1 is 1.02 bits per heavy atom. The van der Waals surface area contributed by atoms with E-state index >= 15 is 4.39 Å². The van der Waals surface area contributed by atoms with E-state index in [1.165, 1.54) is 43.8 Å². The van der Waals surface area contributed by atoms with Crippen LogP contribution in [-0.2, 0) is 11.2 Å². The standard InChI is InChI=1S/C35H38FN5O2S/c36-30-10-6-9-29(35(42)38-26-12-13-26)34(30)44-27-15-16-28-31(39-41(32(28)23-27)33-11-1-4-22-43-33)17-14-24-7-5-8-25(37-24)18-21-40-19-2-3-20-40/h5-10,14-17,23,26,33H,1-4,11-13,18-22H2,(H,38,42)/b17-14+. The van der Waals surface area contributed by atoms with Crippen LogP contribution in [-0.4, -0.2) is 57.9 Å². The predicted molar refractivity (Wildman–Crippen MR) is 172 cm³/mol. The van der Waals surface area contributed by atoms with E-state index in [0.717, 1.165) is 77.9 Å². The summed E-state index contributed by atoms with van der Waals surface area (Å²) in [5.74, 6) is -0.626. The first-order chi connectivity index (χ1) is 21.6. The van der Waals surface area contributed by atoms with Gasteiger partial charge >= 0.3 is 0 Å². The topological polar surface area (TPSA) is 72.3 Å². The minimum absolute atomic E-state index is 0.158. The molecule has 44 heavy (non-hydrogen) atoms. The lowest BCUT2D eigenvalue weighted by atomic mass is 10.1. The molecule has 7 nitrogen and oxygen atoms in total. The molecule has 2 aromatic heterocycles. The van der Waals surface area contributed by atoms with Gasteiger partial charge in [0, 0.05) is 41.6 Å². The van der Waals surface area contributed by atoms with Crippen LogP contribution < -0.4 is 5.32 Å². The Morgan fingerprint density at radius 3 is 2.70 bits per heavy atom. The van der Waals surface area contributed by atoms with Crippen LogP contribution in [0.2, 0.25) is 0 Å². The van der Waals surface area contributed by atoms with E-state index in [-0.39, 0.29) is 18.2 Å². The number of carbonyl (C=O) groups is 1. The van der Waals surface area contributed by atoms with Gasteiger partial charge in [-0.05, 0) is 113 Å². The highest BCUT2D eigenvalue weighted by molar-refractivity contribution is 7.99. The number of aromatic nitrogens is 3. The van der Waals surface area contributed by atoms with Gasteiger partial charge in [0.05, 0.1) is 27.4 Å². The highest BCUT2D eigenvalue weighted by Gasteiger charge is 2.26. The first-order valence-corrected chi connectivity index (χ1v) is 16.7. The van der Waals surface area contributed by atoms with E-state index in [1.54, 1.807) is 12.1 Å². The summed E-state index contributed by atoms with van der Waals surface area (Å²) in [7, 11) is 0. The fraction of sp³-hybridized carbons (Fsp3) is 0.400. The zero-order chi connectivity index (χ0) is 29.9. The maximum Gasteiger partial charge on any atom is 0.252 e. The van der Waals surface area contributed by atoms with Crippen molar-refractivity contribution in [2.45, 2.75) is 73.4 Å². The average Bonchev–Trinajstić information content (AvgIpc) is 3.56. The Balaban J connectivity index is 1.17. The van der Waals surface area contributed by atoms with E-state index < -0.39 is 5.82 Å². The van der Waals surface area contributed by atoms with Crippen molar-refractivity contribution in [2.75, 3.05) is 26.2 Å². The van der Waals surface area contributed by atoms with Crippen LogP contribution in [0.3, 0.4) is 0 Å². The first kappa shape index (κ1) is 29.2. The number of fused-ring (bicyclic) bond motifs is 1. The molecular formula is C35H38FN5O2S. The third-order valence-electron chi connectivity index (χ3n) is 8.60. The van der Waals surface area contributed by atoms with Crippen molar-refractivity contribution in [3.8, 4) is 0 Å². The monoisotopic (exact) mass is 611 g/mol. The summed E-state index contributed by atoms with van der Waals surface area (Å²) in [4.78, 5) is 21.5. The maximum absolute atomic E-state index is 15.1. The van der Waals surface area contributed by atoms with Crippen LogP contribution in [0.5, 0.6) is 0 Å². The molecule has 228 valence electrons. The summed E-state index contributed by atoms with van der Waals surface area (Å²) in [6, 6.07) is 17.2. The molecule has 3 fully saturated rings. The van der Waals surface area contributed by atoms with Crippen LogP contribution in [0.15, 0.2) is 64.4 Å². The number of hydrogen-bond donors (Lipinski definition) is 1. The zero-order valence-corrected chi connectivity index (χ0v) is 25.7. The molecule has 2 aromatic carbocycles. The van der Waals surface area contributed by atoms with Gasteiger partial charge < -0.3 is 15.0 Å². The molecule has 3 aliphatic rings. The van der Waals surface area contributed by atoms with Gasteiger partial charge in [-0.2, -0.15) is 5.10 Å². The maximum atomic E-state index is 15.1. The molecule has 2 aliphatic heterocycles. The molecule has 0 bridgehead atoms. The summed E-state index contributed by atoms with van der Waals surface area (Å²) in [5, 5.41) is 9.00. The molecule has 0 radical (unpaired) electrons. The number of likely N-dealkylation sites (tertiary alicyclic amines) is 1. The number of nitrogens with zero attached hydrogens (tertiary/aromatic N) is 4. The summed E-state index contributed by atoms with van der Waals surface area (Å²) in [5.41, 5.74) is 4.14. The van der Waals surface area contributed by atoms with E-state index in [9.17, 15) is 4.79 Å². The van der Waals surface area contributed by atoms with Crippen LogP contribution >= 0.6 is 11.8 Å². The van der Waals surface area contributed by atoms with Crippen molar-refractivity contribution in [1.29, 1.82) is 0 Å². The Bertz CT molecular complexity index is 1670. The van der Waals surface area contributed by atoms with Gasteiger partial charge in [-0.25, -0.2) is 9.07 Å². The highest BCUT2D eigenvalue weighted by Crippen LogP contribution is 2.37. The molecule has 4 aromatic rings. The Labute approximate surface area is 261 Å². The number of rotatable bonds is 10. The molecule has 9 heteroatoms. The van der Waals surface area contributed by atoms with E-state index in [0.29, 0.717) is 17.1 Å². The van der Waals surface area contributed by atoms with E-state index in [4.69, 9.17) is 14.8 Å². The summed E-state index contributed by atoms with van der Waals surface area (Å²) >= 11 is 1.27. The summed E-state index contributed by atoms with van der Waals surface area (Å²) in [6.07, 6.45) is 12.4. The average molecular weight is 612 g/mol. The molecule has 2 saturated heterocycles. The fourth-order valence-corrected chi connectivity index (χ4v) is 7.02. The lowest BCUT2D eigenvalue weighted by molar-refractivity contribution is -0.0367. The largest absolute Gasteiger partial charge is 0.356 e. The molecule has 0 spiro atoms. The SMILES string of the molecule is O=C(NC1CC1)c1cccc(F)c1Sc1ccc2c(/C=C/c3cccc(CCN4CCCC4)n3)nn(C3CCCCO3)c2c1. The summed E-state index contributed by atoms with van der Waals surface area (Å²) < 4.78 is 23.2. The smallest absolute Gasteiger partial charge is 0.252 e. The lowest BCUT2D eigenvalue weighted by Crippen LogP contribution is -2.26. The molecule has 1 N–H and O–H groups in total. The van der Waals surface area contributed by atoms with Crippen molar-refractivity contribution in [3.63, 3.8) is 0 Å². The third-order valence-corrected chi connectivity index (χ3v) is 9.71. The molecule has 1 aliphatic carbocycles. The molecule has 7 rings (SSSR count). The van der Waals surface area contributed by atoms with E-state index in [2.05, 4.69) is 22.3 Å². The number of ether oxygens (including phenoxy) is 1. The quantitative estimate of drug-likeness (QED) is 0.206. The normalized spacial score (nSPS) is 19.2. The lowest BCUT2D eigenvalue weighted by Gasteiger charge is -2.23. The van der Waals surface area contributed by atoms with Gasteiger partial charge in [0.15, 0.2) is 6.23 Å². The fourth-order valence-electron chi connectivity index (χ4n) is 6.04. The molecule has 1 amide bonds. The second-order valence-electron chi connectivity index (χ2n) is 12.0. The molecule has 4 heterocycles. The van der Waals surface area contributed by atoms with Gasteiger partial charge in [0.2, 0.25) is 0 Å². The number of nitrogens with one attached hydrogen (secondary N) is 1. The Kier molecular flexibility index (Phi) is 8.77. The van der Waals surface area contributed by atoms with Crippen LogP contribution in [0, 0.1) is 5.82 Å². The third kappa shape index (κ3) is 6.75. The first-order valence-electron chi connectivity index (χ1n) is 15.9. The number of halogens is 1. The van der Waals surface area contributed by atoms with Crippen molar-refractivity contribution < 1.29 is 13.9 Å². The van der Waals surface area contributed by atoms with Gasteiger partial charge in [-0.3, -0.25) is 9.78 Å². The number of benzene rings is 2. The molecule has 1 atom stereocenters. The minimum Gasteiger partial charge on any atom is -0.356 e. The Morgan fingerprint density at radius 2 is 1.89 bits per heavy atom. The van der Waals surface area contributed by atoms with Gasteiger partial charge in [0.1, 0.15) is 5.82 Å².